The quantitative estimate of drug-likeness (QED) is 0.553. The molecule has 0 unspecified atom stereocenters. The third-order valence-corrected chi connectivity index (χ3v) is 7.53. The lowest BCUT2D eigenvalue weighted by Crippen LogP contribution is -2.42. The van der Waals surface area contributed by atoms with Crippen molar-refractivity contribution in [1.29, 1.82) is 0 Å². The molecule has 7 heteroatoms. The molecule has 2 amide bonds. The van der Waals surface area contributed by atoms with Crippen molar-refractivity contribution in [1.82, 2.24) is 15.2 Å². The first-order valence-corrected chi connectivity index (χ1v) is 12.1. The Morgan fingerprint density at radius 1 is 1.12 bits per heavy atom. The van der Waals surface area contributed by atoms with Crippen LogP contribution in [0.15, 0.2) is 54.6 Å². The summed E-state index contributed by atoms with van der Waals surface area (Å²) in [5, 5.41) is 3.81. The lowest BCUT2D eigenvalue weighted by molar-refractivity contribution is -0.126. The number of benzene rings is 2. The molecule has 1 saturated heterocycles. The Balaban J connectivity index is 1.31. The highest BCUT2D eigenvalue weighted by Gasteiger charge is 2.31. The first kappa shape index (κ1) is 23.1. The fourth-order valence-corrected chi connectivity index (χ4v) is 5.25. The van der Waals surface area contributed by atoms with Crippen molar-refractivity contribution in [3.05, 3.63) is 76.5 Å². The largest absolute Gasteiger partial charge is 0.352 e. The Bertz CT molecular complexity index is 1110. The summed E-state index contributed by atoms with van der Waals surface area (Å²) in [7, 11) is 0. The predicted molar refractivity (Wildman–Crippen MR) is 128 cm³/mol. The van der Waals surface area contributed by atoms with Gasteiger partial charge in [0.1, 0.15) is 15.7 Å². The molecular formula is C26H28FN3O2S. The predicted octanol–water partition coefficient (Wildman–Crippen LogP) is 5.06. The van der Waals surface area contributed by atoms with Gasteiger partial charge in [-0.05, 0) is 43.4 Å². The highest BCUT2D eigenvalue weighted by Crippen LogP contribution is 2.31. The molecule has 0 radical (unpaired) electrons. The van der Waals surface area contributed by atoms with Crippen molar-refractivity contribution in [2.75, 3.05) is 13.1 Å². The second-order valence-corrected chi connectivity index (χ2v) is 9.56. The number of aromatic nitrogens is 1. The fraction of sp³-hybridized carbons (Fsp3) is 0.346. The highest BCUT2D eigenvalue weighted by molar-refractivity contribution is 7.17. The molecule has 33 heavy (non-hydrogen) atoms. The summed E-state index contributed by atoms with van der Waals surface area (Å²) in [6.45, 7) is 5.49. The molecule has 1 aliphatic rings. The van der Waals surface area contributed by atoms with E-state index in [9.17, 15) is 14.0 Å². The Labute approximate surface area is 197 Å². The van der Waals surface area contributed by atoms with E-state index < -0.39 is 0 Å². The average molecular weight is 466 g/mol. The number of likely N-dealkylation sites (tertiary alicyclic amines) is 1. The number of thiazole rings is 1. The van der Waals surface area contributed by atoms with Crippen molar-refractivity contribution in [3.63, 3.8) is 0 Å². The van der Waals surface area contributed by atoms with Gasteiger partial charge in [-0.3, -0.25) is 9.59 Å². The molecule has 1 aliphatic heterocycles. The second kappa shape index (κ2) is 10.3. The highest BCUT2D eigenvalue weighted by atomic mass is 32.1. The minimum absolute atomic E-state index is 0.00472. The molecule has 172 valence electrons. The first-order valence-electron chi connectivity index (χ1n) is 11.3. The zero-order chi connectivity index (χ0) is 23.4. The molecule has 2 heterocycles. The molecule has 3 aromatic rings. The standard InChI is InChI=1S/C26H28FN3O2S/c1-17(24(31)28-16-19-8-10-22(27)11-9-19)20-12-14-30(15-13-20)26(32)23-18(2)29-25(33-23)21-6-4-3-5-7-21/h3-11,17,20H,12-16H2,1-2H3,(H,28,31)/t17-/m0/s1. The van der Waals surface area contributed by atoms with E-state index in [4.69, 9.17) is 0 Å². The van der Waals surface area contributed by atoms with Crippen LogP contribution in [0.1, 0.15) is 40.7 Å². The van der Waals surface area contributed by atoms with Gasteiger partial charge in [0.15, 0.2) is 0 Å². The number of hydrogen-bond acceptors (Lipinski definition) is 4. The van der Waals surface area contributed by atoms with Crippen molar-refractivity contribution >= 4 is 23.2 Å². The molecule has 0 aliphatic carbocycles. The lowest BCUT2D eigenvalue weighted by atomic mass is 9.84. The van der Waals surface area contributed by atoms with Crippen LogP contribution in [-0.2, 0) is 11.3 Å². The summed E-state index contributed by atoms with van der Waals surface area (Å²) in [5.74, 6) is -0.180. The first-order chi connectivity index (χ1) is 15.9. The molecule has 0 saturated carbocycles. The number of piperidine rings is 1. The van der Waals surface area contributed by atoms with Crippen LogP contribution < -0.4 is 5.32 Å². The molecule has 1 N–H and O–H groups in total. The topological polar surface area (TPSA) is 62.3 Å². The number of nitrogens with one attached hydrogen (secondary N) is 1. The van der Waals surface area contributed by atoms with E-state index in [0.29, 0.717) is 24.5 Å². The molecule has 1 atom stereocenters. The van der Waals surface area contributed by atoms with Crippen LogP contribution in [0.5, 0.6) is 0 Å². The summed E-state index contributed by atoms with van der Waals surface area (Å²) in [4.78, 5) is 33.0. The molecule has 4 rings (SSSR count). The normalized spacial score (nSPS) is 15.3. The Hall–Kier alpha value is -3.06. The van der Waals surface area contributed by atoms with E-state index in [2.05, 4.69) is 10.3 Å². The van der Waals surface area contributed by atoms with Gasteiger partial charge in [-0.15, -0.1) is 11.3 Å². The Kier molecular flexibility index (Phi) is 7.18. The molecule has 0 bridgehead atoms. The van der Waals surface area contributed by atoms with Crippen LogP contribution in [0.25, 0.3) is 10.6 Å². The molecular weight excluding hydrogens is 437 g/mol. The van der Waals surface area contributed by atoms with Gasteiger partial charge in [-0.25, -0.2) is 9.37 Å². The van der Waals surface area contributed by atoms with Crippen molar-refractivity contribution in [2.45, 2.75) is 33.2 Å². The maximum atomic E-state index is 13.1. The van der Waals surface area contributed by atoms with Gasteiger partial charge >= 0.3 is 0 Å². The molecule has 1 aromatic heterocycles. The van der Waals surface area contributed by atoms with Gasteiger partial charge in [0.2, 0.25) is 5.91 Å². The molecule has 2 aromatic carbocycles. The van der Waals surface area contributed by atoms with Gasteiger partial charge in [0, 0.05) is 31.1 Å². The van der Waals surface area contributed by atoms with Gasteiger partial charge in [0.25, 0.3) is 5.91 Å². The summed E-state index contributed by atoms with van der Waals surface area (Å²) < 4.78 is 13.0. The van der Waals surface area contributed by atoms with Crippen molar-refractivity contribution in [2.24, 2.45) is 11.8 Å². The van der Waals surface area contributed by atoms with Gasteiger partial charge in [-0.2, -0.15) is 0 Å². The van der Waals surface area contributed by atoms with E-state index >= 15 is 0 Å². The van der Waals surface area contributed by atoms with Crippen LogP contribution in [0.2, 0.25) is 0 Å². The average Bonchev–Trinajstić information content (AvgIpc) is 3.24. The number of hydrogen-bond donors (Lipinski definition) is 1. The van der Waals surface area contributed by atoms with E-state index in [1.54, 1.807) is 12.1 Å². The SMILES string of the molecule is Cc1nc(-c2ccccc2)sc1C(=O)N1CCC([C@H](C)C(=O)NCc2ccc(F)cc2)CC1. The number of carbonyl (C=O) groups is 2. The van der Waals surface area contributed by atoms with Gasteiger partial charge < -0.3 is 10.2 Å². The maximum absolute atomic E-state index is 13.1. The zero-order valence-electron chi connectivity index (χ0n) is 18.9. The Morgan fingerprint density at radius 2 is 1.79 bits per heavy atom. The van der Waals surface area contributed by atoms with E-state index in [1.807, 2.05) is 49.1 Å². The number of amides is 2. The summed E-state index contributed by atoms with van der Waals surface area (Å²) in [6, 6.07) is 16.0. The molecule has 1 fully saturated rings. The lowest BCUT2D eigenvalue weighted by Gasteiger charge is -2.34. The number of carbonyl (C=O) groups excluding carboxylic acids is 2. The van der Waals surface area contributed by atoms with Crippen molar-refractivity contribution in [3.8, 4) is 10.6 Å². The number of rotatable bonds is 6. The Morgan fingerprint density at radius 3 is 2.45 bits per heavy atom. The van der Waals surface area contributed by atoms with E-state index in [-0.39, 0.29) is 29.5 Å². The fourth-order valence-electron chi connectivity index (χ4n) is 4.21. The monoisotopic (exact) mass is 465 g/mol. The van der Waals surface area contributed by atoms with Crippen LogP contribution in [0.4, 0.5) is 4.39 Å². The van der Waals surface area contributed by atoms with Crippen LogP contribution in [-0.4, -0.2) is 34.8 Å². The van der Waals surface area contributed by atoms with Crippen LogP contribution >= 0.6 is 11.3 Å². The van der Waals surface area contributed by atoms with Gasteiger partial charge in [-0.1, -0.05) is 49.4 Å². The third kappa shape index (κ3) is 5.47. The summed E-state index contributed by atoms with van der Waals surface area (Å²) in [6.07, 6.45) is 1.58. The van der Waals surface area contributed by atoms with Gasteiger partial charge in [0.05, 0.1) is 5.69 Å². The molecule has 0 spiro atoms. The minimum Gasteiger partial charge on any atom is -0.352 e. The zero-order valence-corrected chi connectivity index (χ0v) is 19.7. The number of halogens is 1. The molecule has 5 nitrogen and oxygen atoms in total. The maximum Gasteiger partial charge on any atom is 0.265 e. The number of aryl methyl sites for hydroxylation is 1. The number of nitrogens with zero attached hydrogens (tertiary/aromatic N) is 2. The van der Waals surface area contributed by atoms with Crippen molar-refractivity contribution < 1.29 is 14.0 Å². The summed E-state index contributed by atoms with van der Waals surface area (Å²) in [5.41, 5.74) is 2.65. The van der Waals surface area contributed by atoms with Crippen LogP contribution in [0.3, 0.4) is 0 Å². The van der Waals surface area contributed by atoms with Crippen LogP contribution in [0, 0.1) is 24.6 Å². The van der Waals surface area contributed by atoms with E-state index in [1.165, 1.54) is 23.5 Å². The third-order valence-electron chi connectivity index (χ3n) is 6.34. The summed E-state index contributed by atoms with van der Waals surface area (Å²) >= 11 is 1.44. The smallest absolute Gasteiger partial charge is 0.265 e. The van der Waals surface area contributed by atoms with E-state index in [0.717, 1.165) is 34.7 Å². The second-order valence-electron chi connectivity index (χ2n) is 8.56. The minimum atomic E-state index is -0.287.